The van der Waals surface area contributed by atoms with Crippen molar-refractivity contribution in [1.82, 2.24) is 10.9 Å². The van der Waals surface area contributed by atoms with Gasteiger partial charge in [0.05, 0.1) is 0 Å². The number of carbonyl (C=O) groups excluding carboxylic acids is 2. The van der Waals surface area contributed by atoms with Gasteiger partial charge in [0.2, 0.25) is 5.91 Å². The van der Waals surface area contributed by atoms with E-state index >= 15 is 0 Å². The molecule has 23 heavy (non-hydrogen) atoms. The van der Waals surface area contributed by atoms with Crippen molar-refractivity contribution in [2.75, 3.05) is 0 Å². The number of fused-ring (bicyclic) bond motifs is 1. The van der Waals surface area contributed by atoms with Crippen molar-refractivity contribution in [3.05, 3.63) is 35.6 Å². The number of nitrogens with one attached hydrogen (secondary N) is 2. The van der Waals surface area contributed by atoms with Gasteiger partial charge in [-0.2, -0.15) is 0 Å². The second-order valence-electron chi connectivity index (χ2n) is 6.24. The van der Waals surface area contributed by atoms with E-state index in [1.54, 1.807) is 0 Å². The lowest BCUT2D eigenvalue weighted by atomic mass is 10.0. The minimum Gasteiger partial charge on any atom is -0.451 e. The molecule has 1 aliphatic carbocycles. The third kappa shape index (κ3) is 3.55. The molecule has 0 bridgehead atoms. The Morgan fingerprint density at radius 3 is 2.65 bits per heavy atom. The lowest BCUT2D eigenvalue weighted by Crippen LogP contribution is -2.41. The summed E-state index contributed by atoms with van der Waals surface area (Å²) >= 11 is 0. The van der Waals surface area contributed by atoms with E-state index in [2.05, 4.69) is 10.9 Å². The molecule has 5 heteroatoms. The lowest BCUT2D eigenvalue weighted by Gasteiger charge is -2.09. The van der Waals surface area contributed by atoms with Gasteiger partial charge in [-0.25, -0.2) is 0 Å². The summed E-state index contributed by atoms with van der Waals surface area (Å²) in [6, 6.07) is 7.49. The van der Waals surface area contributed by atoms with Gasteiger partial charge in [-0.3, -0.25) is 20.4 Å². The number of hydrazine groups is 1. The van der Waals surface area contributed by atoms with Crippen molar-refractivity contribution in [2.24, 2.45) is 5.92 Å². The number of hydrogen-bond donors (Lipinski definition) is 2. The molecule has 1 saturated carbocycles. The number of rotatable bonds is 4. The van der Waals surface area contributed by atoms with Crippen LogP contribution in [0, 0.1) is 12.8 Å². The van der Waals surface area contributed by atoms with Crippen LogP contribution < -0.4 is 10.9 Å². The lowest BCUT2D eigenvalue weighted by molar-refractivity contribution is -0.122. The van der Waals surface area contributed by atoms with Crippen LogP contribution in [0.1, 0.15) is 54.6 Å². The number of benzene rings is 1. The summed E-state index contributed by atoms with van der Waals surface area (Å²) in [6.07, 6.45) is 6.33. The molecule has 1 aromatic heterocycles. The molecule has 3 rings (SSSR count). The van der Waals surface area contributed by atoms with Crippen LogP contribution in [0.4, 0.5) is 0 Å². The molecular weight excluding hydrogens is 292 g/mol. The summed E-state index contributed by atoms with van der Waals surface area (Å²) in [7, 11) is 0. The van der Waals surface area contributed by atoms with E-state index in [0.717, 1.165) is 17.4 Å². The van der Waals surface area contributed by atoms with Crippen molar-refractivity contribution >= 4 is 22.8 Å². The van der Waals surface area contributed by atoms with Gasteiger partial charge >= 0.3 is 5.91 Å². The van der Waals surface area contributed by atoms with Gasteiger partial charge in [-0.15, -0.1) is 0 Å². The third-order valence-corrected chi connectivity index (χ3v) is 4.62. The minimum absolute atomic E-state index is 0.154. The summed E-state index contributed by atoms with van der Waals surface area (Å²) in [6.45, 7) is 1.84. The Hall–Kier alpha value is -2.30. The van der Waals surface area contributed by atoms with Crippen LogP contribution in [-0.4, -0.2) is 11.8 Å². The van der Waals surface area contributed by atoms with Crippen molar-refractivity contribution in [2.45, 2.75) is 45.4 Å². The van der Waals surface area contributed by atoms with Gasteiger partial charge in [0, 0.05) is 17.4 Å². The van der Waals surface area contributed by atoms with E-state index in [0.29, 0.717) is 17.9 Å². The fourth-order valence-electron chi connectivity index (χ4n) is 3.27. The molecular formula is C18H22N2O3. The first-order chi connectivity index (χ1) is 11.1. The number of para-hydroxylation sites is 1. The quantitative estimate of drug-likeness (QED) is 0.849. The molecule has 2 aromatic rings. The highest BCUT2D eigenvalue weighted by Gasteiger charge is 2.19. The maximum absolute atomic E-state index is 12.2. The number of amides is 2. The van der Waals surface area contributed by atoms with Gasteiger partial charge in [0.1, 0.15) is 5.58 Å². The van der Waals surface area contributed by atoms with E-state index in [1.807, 2.05) is 31.2 Å². The Kier molecular flexibility index (Phi) is 4.65. The molecule has 1 heterocycles. The van der Waals surface area contributed by atoms with E-state index in [4.69, 9.17) is 4.42 Å². The van der Waals surface area contributed by atoms with E-state index < -0.39 is 5.91 Å². The minimum atomic E-state index is -0.423. The predicted octanol–water partition coefficient (Wildman–Crippen LogP) is 3.47. The molecule has 2 N–H and O–H groups in total. The Morgan fingerprint density at radius 1 is 1.17 bits per heavy atom. The Labute approximate surface area is 135 Å². The Morgan fingerprint density at radius 2 is 1.91 bits per heavy atom. The first-order valence-electron chi connectivity index (χ1n) is 8.22. The summed E-state index contributed by atoms with van der Waals surface area (Å²) in [5.74, 6) is 0.322. The molecule has 0 unspecified atom stereocenters. The van der Waals surface area contributed by atoms with Gasteiger partial charge in [0.25, 0.3) is 0 Å². The fourth-order valence-corrected chi connectivity index (χ4v) is 3.27. The fraction of sp³-hybridized carbons (Fsp3) is 0.444. The average Bonchev–Trinajstić information content (AvgIpc) is 3.19. The predicted molar refractivity (Wildman–Crippen MR) is 87.8 cm³/mol. The molecule has 0 atom stereocenters. The van der Waals surface area contributed by atoms with E-state index in [1.165, 1.54) is 25.7 Å². The SMILES string of the molecule is Cc1c(C(=O)NNC(=O)CCC2CCCC2)oc2ccccc12. The zero-order valence-electron chi connectivity index (χ0n) is 13.4. The van der Waals surface area contributed by atoms with Crippen LogP contribution in [0.5, 0.6) is 0 Å². The van der Waals surface area contributed by atoms with Crippen molar-refractivity contribution in [1.29, 1.82) is 0 Å². The largest absolute Gasteiger partial charge is 0.451 e. The maximum atomic E-state index is 12.2. The standard InChI is InChI=1S/C18H22N2O3/c1-12-14-8-4-5-9-15(14)23-17(12)18(22)20-19-16(21)11-10-13-6-2-3-7-13/h4-5,8-9,13H,2-3,6-7,10-11H2,1H3,(H,19,21)(H,20,22). The van der Waals surface area contributed by atoms with Gasteiger partial charge in [0.15, 0.2) is 5.76 Å². The molecule has 2 amide bonds. The van der Waals surface area contributed by atoms with Crippen LogP contribution >= 0.6 is 0 Å². The Balaban J connectivity index is 1.53. The van der Waals surface area contributed by atoms with Gasteiger partial charge in [-0.1, -0.05) is 43.9 Å². The number of carbonyl (C=O) groups is 2. The molecule has 0 spiro atoms. The molecule has 1 fully saturated rings. The first kappa shape index (κ1) is 15.6. The Bertz CT molecular complexity index is 714. The zero-order valence-corrected chi connectivity index (χ0v) is 13.4. The summed E-state index contributed by atoms with van der Waals surface area (Å²) < 4.78 is 5.57. The number of aryl methyl sites for hydroxylation is 1. The normalized spacial score (nSPS) is 15.0. The van der Waals surface area contributed by atoms with Crippen molar-refractivity contribution < 1.29 is 14.0 Å². The second kappa shape index (κ2) is 6.86. The van der Waals surface area contributed by atoms with Crippen LogP contribution in [0.25, 0.3) is 11.0 Å². The average molecular weight is 314 g/mol. The summed E-state index contributed by atoms with van der Waals surface area (Å²) in [4.78, 5) is 24.0. The second-order valence-corrected chi connectivity index (χ2v) is 6.24. The first-order valence-corrected chi connectivity index (χ1v) is 8.22. The van der Waals surface area contributed by atoms with Crippen LogP contribution in [0.15, 0.2) is 28.7 Å². The molecule has 1 aromatic carbocycles. The van der Waals surface area contributed by atoms with E-state index in [9.17, 15) is 9.59 Å². The third-order valence-electron chi connectivity index (χ3n) is 4.62. The number of furan rings is 1. The molecule has 1 aliphatic rings. The highest BCUT2D eigenvalue weighted by atomic mass is 16.3. The number of hydrogen-bond acceptors (Lipinski definition) is 3. The molecule has 0 saturated heterocycles. The van der Waals surface area contributed by atoms with E-state index in [-0.39, 0.29) is 11.7 Å². The monoisotopic (exact) mass is 314 g/mol. The summed E-state index contributed by atoms with van der Waals surface area (Å²) in [5.41, 5.74) is 6.37. The molecule has 0 aliphatic heterocycles. The molecule has 0 radical (unpaired) electrons. The molecule has 5 nitrogen and oxygen atoms in total. The highest BCUT2D eigenvalue weighted by molar-refractivity contribution is 5.99. The zero-order chi connectivity index (χ0) is 16.2. The summed E-state index contributed by atoms with van der Waals surface area (Å²) in [5, 5.41) is 0.908. The topological polar surface area (TPSA) is 71.3 Å². The van der Waals surface area contributed by atoms with Crippen LogP contribution in [0.2, 0.25) is 0 Å². The van der Waals surface area contributed by atoms with Gasteiger partial charge < -0.3 is 4.42 Å². The smallest absolute Gasteiger partial charge is 0.305 e. The highest BCUT2D eigenvalue weighted by Crippen LogP contribution is 2.28. The maximum Gasteiger partial charge on any atom is 0.305 e. The molecule has 122 valence electrons. The van der Waals surface area contributed by atoms with Crippen LogP contribution in [-0.2, 0) is 4.79 Å². The van der Waals surface area contributed by atoms with Crippen molar-refractivity contribution in [3.63, 3.8) is 0 Å². The van der Waals surface area contributed by atoms with Gasteiger partial charge in [-0.05, 0) is 25.3 Å². The van der Waals surface area contributed by atoms with Crippen LogP contribution in [0.3, 0.4) is 0 Å². The van der Waals surface area contributed by atoms with Crippen molar-refractivity contribution in [3.8, 4) is 0 Å².